The zero-order chi connectivity index (χ0) is 18.0. The molecule has 1 unspecified atom stereocenters. The predicted molar refractivity (Wildman–Crippen MR) is 98.8 cm³/mol. The van der Waals surface area contributed by atoms with Crippen molar-refractivity contribution in [1.82, 2.24) is 4.98 Å². The average molecular weight is 360 g/mol. The van der Waals surface area contributed by atoms with Gasteiger partial charge in [-0.15, -0.1) is 0 Å². The van der Waals surface area contributed by atoms with E-state index >= 15 is 0 Å². The number of rotatable bonds is 5. The molecule has 1 aromatic heterocycles. The number of aromatic nitrogens is 1. The lowest BCUT2D eigenvalue weighted by Gasteiger charge is -2.13. The predicted octanol–water partition coefficient (Wildman–Crippen LogP) is 3.98. The third-order valence-corrected chi connectivity index (χ3v) is 5.60. The van der Waals surface area contributed by atoms with Crippen molar-refractivity contribution in [2.75, 3.05) is 27.6 Å². The fraction of sp³-hybridized carbons (Fsp3) is 0.222. The minimum Gasteiger partial charge on any atom is -0.493 e. The number of fused-ring (bicyclic) bond motifs is 1. The Hall–Kier alpha value is -2.67. The molecular formula is C18H20N2O4S. The van der Waals surface area contributed by atoms with Crippen molar-refractivity contribution >= 4 is 26.3 Å². The second-order valence-corrected chi connectivity index (χ2v) is 7.70. The van der Waals surface area contributed by atoms with E-state index in [0.29, 0.717) is 27.8 Å². The maximum absolute atomic E-state index is 13.3. The van der Waals surface area contributed by atoms with Gasteiger partial charge in [0.15, 0.2) is 11.5 Å². The second-order valence-electron chi connectivity index (χ2n) is 5.48. The number of H-pyrrole nitrogens is 1. The lowest BCUT2D eigenvalue weighted by atomic mass is 10.2. The van der Waals surface area contributed by atoms with Crippen LogP contribution in [-0.2, 0) is 9.73 Å². The number of ether oxygens (including phenoxy) is 3. The standard InChI is InChI=1S/C18H20N2O4S/c1-22-15-9-12(10-16(23-2)18(15)24-3)20-25(4,21)17-11-19-14-8-6-5-7-13(14)17/h5-11,19H,1-4H3. The number of hydrogen-bond donors (Lipinski definition) is 1. The first kappa shape index (κ1) is 17.2. The normalized spacial score (nSPS) is 13.3. The summed E-state index contributed by atoms with van der Waals surface area (Å²) >= 11 is 0. The summed E-state index contributed by atoms with van der Waals surface area (Å²) in [6, 6.07) is 11.1. The Morgan fingerprint density at radius 1 is 1.00 bits per heavy atom. The SMILES string of the molecule is COc1cc(N=S(C)(=O)c2c[nH]c3ccccc23)cc(OC)c1OC. The molecular weight excluding hydrogens is 340 g/mol. The molecule has 0 spiro atoms. The van der Waals surface area contributed by atoms with E-state index in [-0.39, 0.29) is 0 Å². The highest BCUT2D eigenvalue weighted by Crippen LogP contribution is 2.41. The highest BCUT2D eigenvalue weighted by Gasteiger charge is 2.16. The summed E-state index contributed by atoms with van der Waals surface area (Å²) in [7, 11) is 1.92. The first-order valence-electron chi connectivity index (χ1n) is 7.58. The summed E-state index contributed by atoms with van der Waals surface area (Å²) in [5, 5.41) is 0.895. The highest BCUT2D eigenvalue weighted by atomic mass is 32.2. The van der Waals surface area contributed by atoms with Crippen LogP contribution in [0.1, 0.15) is 0 Å². The van der Waals surface area contributed by atoms with Crippen molar-refractivity contribution < 1.29 is 18.4 Å². The molecule has 0 fully saturated rings. The lowest BCUT2D eigenvalue weighted by Crippen LogP contribution is -1.97. The smallest absolute Gasteiger partial charge is 0.203 e. The van der Waals surface area contributed by atoms with E-state index in [1.807, 2.05) is 24.3 Å². The fourth-order valence-electron chi connectivity index (χ4n) is 2.73. The van der Waals surface area contributed by atoms with E-state index in [0.717, 1.165) is 10.9 Å². The van der Waals surface area contributed by atoms with Crippen LogP contribution in [0.15, 0.2) is 51.9 Å². The molecule has 0 amide bonds. The van der Waals surface area contributed by atoms with Crippen LogP contribution in [0, 0.1) is 0 Å². The Balaban J connectivity index is 2.18. The van der Waals surface area contributed by atoms with Gasteiger partial charge in [0.05, 0.1) is 41.6 Å². The minimum absolute atomic E-state index is 0.467. The zero-order valence-corrected chi connectivity index (χ0v) is 15.3. The van der Waals surface area contributed by atoms with Gasteiger partial charge in [-0.1, -0.05) is 18.2 Å². The maximum atomic E-state index is 13.3. The van der Waals surface area contributed by atoms with Crippen LogP contribution < -0.4 is 14.2 Å². The molecule has 0 saturated heterocycles. The Bertz CT molecular complexity index is 1010. The van der Waals surface area contributed by atoms with Crippen LogP contribution >= 0.6 is 0 Å². The quantitative estimate of drug-likeness (QED) is 0.747. The molecule has 0 aliphatic carbocycles. The van der Waals surface area contributed by atoms with Crippen LogP contribution in [0.25, 0.3) is 10.9 Å². The zero-order valence-electron chi connectivity index (χ0n) is 14.5. The van der Waals surface area contributed by atoms with Crippen LogP contribution in [0.3, 0.4) is 0 Å². The molecule has 0 saturated carbocycles. The summed E-state index contributed by atoms with van der Waals surface area (Å²) in [5.41, 5.74) is 1.42. The topological polar surface area (TPSA) is 72.9 Å². The molecule has 132 valence electrons. The number of para-hydroxylation sites is 1. The van der Waals surface area contributed by atoms with Gasteiger partial charge in [-0.05, 0) is 6.07 Å². The van der Waals surface area contributed by atoms with E-state index in [2.05, 4.69) is 9.35 Å². The fourth-order valence-corrected chi connectivity index (χ4v) is 4.20. The third-order valence-electron chi connectivity index (χ3n) is 3.89. The van der Waals surface area contributed by atoms with Gasteiger partial charge < -0.3 is 19.2 Å². The number of methoxy groups -OCH3 is 3. The molecule has 3 rings (SSSR count). The van der Waals surface area contributed by atoms with Crippen LogP contribution in [0.4, 0.5) is 5.69 Å². The molecule has 1 heterocycles. The molecule has 3 aromatic rings. The summed E-state index contributed by atoms with van der Waals surface area (Å²) in [6.07, 6.45) is 3.36. The van der Waals surface area contributed by atoms with Gasteiger partial charge >= 0.3 is 0 Å². The molecule has 6 nitrogen and oxygen atoms in total. The molecule has 1 N–H and O–H groups in total. The van der Waals surface area contributed by atoms with Gasteiger partial charge in [-0.2, -0.15) is 4.36 Å². The van der Waals surface area contributed by atoms with E-state index < -0.39 is 9.73 Å². The Labute approximate surface area is 146 Å². The molecule has 25 heavy (non-hydrogen) atoms. The molecule has 1 atom stereocenters. The first-order valence-corrected chi connectivity index (χ1v) is 9.50. The summed E-state index contributed by atoms with van der Waals surface area (Å²) in [5.74, 6) is 1.41. The van der Waals surface area contributed by atoms with E-state index in [1.165, 1.54) is 21.3 Å². The molecule has 0 aliphatic rings. The van der Waals surface area contributed by atoms with Gasteiger partial charge in [0.25, 0.3) is 0 Å². The highest BCUT2D eigenvalue weighted by molar-refractivity contribution is 7.93. The van der Waals surface area contributed by atoms with E-state index in [4.69, 9.17) is 14.2 Å². The van der Waals surface area contributed by atoms with Crippen molar-refractivity contribution in [3.05, 3.63) is 42.6 Å². The number of nitrogens with one attached hydrogen (secondary N) is 1. The molecule has 0 radical (unpaired) electrons. The second kappa shape index (κ2) is 6.68. The molecule has 0 bridgehead atoms. The van der Waals surface area contributed by atoms with Crippen molar-refractivity contribution in [2.45, 2.75) is 4.90 Å². The van der Waals surface area contributed by atoms with Crippen molar-refractivity contribution in [3.8, 4) is 17.2 Å². The van der Waals surface area contributed by atoms with E-state index in [1.54, 1.807) is 24.6 Å². The van der Waals surface area contributed by atoms with Gasteiger partial charge in [-0.25, -0.2) is 4.21 Å². The summed E-state index contributed by atoms with van der Waals surface area (Å²) in [6.45, 7) is 0. The van der Waals surface area contributed by atoms with Gasteiger partial charge in [0, 0.05) is 35.5 Å². The third kappa shape index (κ3) is 3.15. The largest absolute Gasteiger partial charge is 0.493 e. The Morgan fingerprint density at radius 3 is 2.24 bits per heavy atom. The van der Waals surface area contributed by atoms with Crippen LogP contribution in [0.5, 0.6) is 17.2 Å². The summed E-state index contributed by atoms with van der Waals surface area (Å²) in [4.78, 5) is 3.80. The molecule has 7 heteroatoms. The molecule has 0 aliphatic heterocycles. The first-order chi connectivity index (χ1) is 12.0. The number of nitrogens with zero attached hydrogens (tertiary/aromatic N) is 1. The number of hydrogen-bond acceptors (Lipinski definition) is 5. The van der Waals surface area contributed by atoms with Crippen molar-refractivity contribution in [1.29, 1.82) is 0 Å². The minimum atomic E-state index is -2.67. The number of aromatic amines is 1. The van der Waals surface area contributed by atoms with Gasteiger partial charge in [0.1, 0.15) is 0 Å². The Kier molecular flexibility index (Phi) is 4.59. The van der Waals surface area contributed by atoms with Gasteiger partial charge in [0.2, 0.25) is 5.75 Å². The van der Waals surface area contributed by atoms with Crippen molar-refractivity contribution in [3.63, 3.8) is 0 Å². The van der Waals surface area contributed by atoms with Crippen LogP contribution in [-0.4, -0.2) is 36.8 Å². The monoisotopic (exact) mass is 360 g/mol. The van der Waals surface area contributed by atoms with Gasteiger partial charge in [-0.3, -0.25) is 0 Å². The van der Waals surface area contributed by atoms with E-state index in [9.17, 15) is 4.21 Å². The average Bonchev–Trinajstić information content (AvgIpc) is 3.05. The lowest BCUT2D eigenvalue weighted by molar-refractivity contribution is 0.324. The maximum Gasteiger partial charge on any atom is 0.203 e. The van der Waals surface area contributed by atoms with Crippen molar-refractivity contribution in [2.24, 2.45) is 4.36 Å². The Morgan fingerprint density at radius 2 is 1.64 bits per heavy atom. The molecule has 2 aromatic carbocycles. The van der Waals surface area contributed by atoms with Crippen LogP contribution in [0.2, 0.25) is 0 Å². The number of benzene rings is 2. The summed E-state index contributed by atoms with van der Waals surface area (Å²) < 4.78 is 33.7.